The molecular formula is C21H25NO. The molecule has 0 unspecified atom stereocenters. The SMILES string of the molecule is CC1(C)CCC(C)(C)c2cc(NC(=O)c3ccccc3)ccc21. The minimum atomic E-state index is -0.0570. The van der Waals surface area contributed by atoms with Gasteiger partial charge in [0.25, 0.3) is 5.91 Å². The predicted octanol–water partition coefficient (Wildman–Crippen LogP) is 5.29. The first-order valence-corrected chi connectivity index (χ1v) is 8.31. The van der Waals surface area contributed by atoms with E-state index in [0.29, 0.717) is 5.56 Å². The van der Waals surface area contributed by atoms with Crippen molar-refractivity contribution in [2.45, 2.75) is 51.4 Å². The van der Waals surface area contributed by atoms with Crippen molar-refractivity contribution in [3.8, 4) is 0 Å². The normalized spacial score (nSPS) is 18.1. The van der Waals surface area contributed by atoms with E-state index in [1.54, 1.807) is 0 Å². The van der Waals surface area contributed by atoms with Gasteiger partial charge in [-0.3, -0.25) is 4.79 Å². The van der Waals surface area contributed by atoms with Crippen LogP contribution in [0.25, 0.3) is 0 Å². The van der Waals surface area contributed by atoms with Crippen molar-refractivity contribution in [1.82, 2.24) is 0 Å². The summed E-state index contributed by atoms with van der Waals surface area (Å²) in [7, 11) is 0. The van der Waals surface area contributed by atoms with Gasteiger partial charge in [-0.25, -0.2) is 0 Å². The van der Waals surface area contributed by atoms with Crippen molar-refractivity contribution in [1.29, 1.82) is 0 Å². The van der Waals surface area contributed by atoms with Crippen LogP contribution in [0.5, 0.6) is 0 Å². The second kappa shape index (κ2) is 5.52. The Kier molecular flexibility index (Phi) is 3.79. The number of rotatable bonds is 2. The highest BCUT2D eigenvalue weighted by Crippen LogP contribution is 2.46. The van der Waals surface area contributed by atoms with Crippen LogP contribution in [0.3, 0.4) is 0 Å². The molecular weight excluding hydrogens is 282 g/mol. The Bertz CT molecular complexity index is 729. The van der Waals surface area contributed by atoms with Gasteiger partial charge in [0.1, 0.15) is 0 Å². The molecule has 2 aromatic rings. The Labute approximate surface area is 138 Å². The quantitative estimate of drug-likeness (QED) is 0.802. The summed E-state index contributed by atoms with van der Waals surface area (Å²) in [5, 5.41) is 3.03. The molecule has 0 saturated heterocycles. The molecule has 0 heterocycles. The molecule has 0 aliphatic heterocycles. The number of nitrogens with one attached hydrogen (secondary N) is 1. The lowest BCUT2D eigenvalue weighted by molar-refractivity contribution is 0.102. The largest absolute Gasteiger partial charge is 0.322 e. The first-order chi connectivity index (χ1) is 10.8. The predicted molar refractivity (Wildman–Crippen MR) is 96.1 cm³/mol. The Morgan fingerprint density at radius 2 is 1.48 bits per heavy atom. The molecule has 0 radical (unpaired) electrons. The molecule has 0 fully saturated rings. The highest BCUT2D eigenvalue weighted by molar-refractivity contribution is 6.04. The smallest absolute Gasteiger partial charge is 0.255 e. The molecule has 1 amide bonds. The molecule has 2 nitrogen and oxygen atoms in total. The van der Waals surface area contributed by atoms with Crippen LogP contribution in [0.15, 0.2) is 48.5 Å². The minimum absolute atomic E-state index is 0.0570. The first-order valence-electron chi connectivity index (χ1n) is 8.31. The Morgan fingerprint density at radius 3 is 2.13 bits per heavy atom. The van der Waals surface area contributed by atoms with E-state index in [1.165, 1.54) is 24.0 Å². The molecule has 2 aromatic carbocycles. The van der Waals surface area contributed by atoms with Gasteiger partial charge in [-0.1, -0.05) is 52.0 Å². The molecule has 0 spiro atoms. The molecule has 0 aromatic heterocycles. The van der Waals surface area contributed by atoms with Gasteiger partial charge >= 0.3 is 0 Å². The van der Waals surface area contributed by atoms with E-state index in [1.807, 2.05) is 36.4 Å². The van der Waals surface area contributed by atoms with E-state index in [-0.39, 0.29) is 16.7 Å². The van der Waals surface area contributed by atoms with Crippen LogP contribution in [0.4, 0.5) is 5.69 Å². The fourth-order valence-corrected chi connectivity index (χ4v) is 3.46. The third-order valence-corrected chi connectivity index (χ3v) is 5.15. The molecule has 0 saturated carbocycles. The van der Waals surface area contributed by atoms with Crippen molar-refractivity contribution in [3.05, 3.63) is 65.2 Å². The molecule has 23 heavy (non-hydrogen) atoms. The molecule has 2 heteroatoms. The van der Waals surface area contributed by atoms with E-state index >= 15 is 0 Å². The zero-order valence-corrected chi connectivity index (χ0v) is 14.4. The van der Waals surface area contributed by atoms with Crippen LogP contribution in [0.1, 0.15) is 62.0 Å². The number of benzene rings is 2. The maximum atomic E-state index is 12.4. The molecule has 0 bridgehead atoms. The monoisotopic (exact) mass is 307 g/mol. The van der Waals surface area contributed by atoms with Crippen molar-refractivity contribution < 1.29 is 4.79 Å². The van der Waals surface area contributed by atoms with Crippen LogP contribution >= 0.6 is 0 Å². The average Bonchev–Trinajstić information content (AvgIpc) is 2.53. The highest BCUT2D eigenvalue weighted by Gasteiger charge is 2.36. The molecule has 120 valence electrons. The highest BCUT2D eigenvalue weighted by atomic mass is 16.1. The van der Waals surface area contributed by atoms with Gasteiger partial charge in [0.05, 0.1) is 0 Å². The van der Waals surface area contributed by atoms with Crippen molar-refractivity contribution in [3.63, 3.8) is 0 Å². The van der Waals surface area contributed by atoms with Gasteiger partial charge < -0.3 is 5.32 Å². The number of anilines is 1. The van der Waals surface area contributed by atoms with Crippen LogP contribution in [-0.2, 0) is 10.8 Å². The molecule has 0 atom stereocenters. The molecule has 1 aliphatic rings. The number of amides is 1. The summed E-state index contributed by atoms with van der Waals surface area (Å²) >= 11 is 0. The summed E-state index contributed by atoms with van der Waals surface area (Å²) in [6.07, 6.45) is 2.37. The Hall–Kier alpha value is -2.09. The summed E-state index contributed by atoms with van der Waals surface area (Å²) < 4.78 is 0. The fraction of sp³-hybridized carbons (Fsp3) is 0.381. The van der Waals surface area contributed by atoms with Gasteiger partial charge in [-0.05, 0) is 59.1 Å². The maximum Gasteiger partial charge on any atom is 0.255 e. The summed E-state index contributed by atoms with van der Waals surface area (Å²) in [6.45, 7) is 9.21. The van der Waals surface area contributed by atoms with E-state index < -0.39 is 0 Å². The number of fused-ring (bicyclic) bond motifs is 1. The summed E-state index contributed by atoms with van der Waals surface area (Å²) in [5.41, 5.74) is 4.68. The van der Waals surface area contributed by atoms with Crippen LogP contribution in [0, 0.1) is 0 Å². The lowest BCUT2D eigenvalue weighted by Gasteiger charge is -2.42. The van der Waals surface area contributed by atoms with Gasteiger partial charge in [-0.2, -0.15) is 0 Å². The summed E-state index contributed by atoms with van der Waals surface area (Å²) in [6, 6.07) is 15.7. The number of hydrogen-bond donors (Lipinski definition) is 1. The first kappa shape index (κ1) is 15.8. The van der Waals surface area contributed by atoms with Crippen molar-refractivity contribution >= 4 is 11.6 Å². The van der Waals surface area contributed by atoms with Crippen molar-refractivity contribution in [2.75, 3.05) is 5.32 Å². The second-order valence-electron chi connectivity index (χ2n) is 7.85. The van der Waals surface area contributed by atoms with Gasteiger partial charge in [0.15, 0.2) is 0 Å². The topological polar surface area (TPSA) is 29.1 Å². The van der Waals surface area contributed by atoms with Gasteiger partial charge in [-0.15, -0.1) is 0 Å². The summed E-state index contributed by atoms with van der Waals surface area (Å²) in [4.78, 5) is 12.4. The van der Waals surface area contributed by atoms with E-state index in [4.69, 9.17) is 0 Å². The van der Waals surface area contributed by atoms with E-state index in [2.05, 4.69) is 45.1 Å². The molecule has 1 N–H and O–H groups in total. The standard InChI is InChI=1S/C21H25NO/c1-20(2)12-13-21(3,4)18-14-16(10-11-17(18)20)22-19(23)15-8-6-5-7-9-15/h5-11,14H,12-13H2,1-4H3,(H,22,23). The third-order valence-electron chi connectivity index (χ3n) is 5.15. The Balaban J connectivity index is 1.93. The van der Waals surface area contributed by atoms with Crippen LogP contribution in [-0.4, -0.2) is 5.91 Å². The van der Waals surface area contributed by atoms with Crippen LogP contribution < -0.4 is 5.32 Å². The average molecular weight is 307 g/mol. The zero-order chi connectivity index (χ0) is 16.7. The van der Waals surface area contributed by atoms with E-state index in [0.717, 1.165) is 5.69 Å². The van der Waals surface area contributed by atoms with Crippen molar-refractivity contribution in [2.24, 2.45) is 0 Å². The third kappa shape index (κ3) is 3.03. The molecule has 3 rings (SSSR count). The number of carbonyl (C=O) groups is 1. The van der Waals surface area contributed by atoms with Gasteiger partial charge in [0.2, 0.25) is 0 Å². The fourth-order valence-electron chi connectivity index (χ4n) is 3.46. The van der Waals surface area contributed by atoms with E-state index in [9.17, 15) is 4.79 Å². The summed E-state index contributed by atoms with van der Waals surface area (Å²) in [5.74, 6) is -0.0570. The minimum Gasteiger partial charge on any atom is -0.322 e. The lowest BCUT2D eigenvalue weighted by atomic mass is 9.63. The number of carbonyl (C=O) groups excluding carboxylic acids is 1. The lowest BCUT2D eigenvalue weighted by Crippen LogP contribution is -2.33. The maximum absolute atomic E-state index is 12.4. The number of hydrogen-bond acceptors (Lipinski definition) is 1. The second-order valence-corrected chi connectivity index (χ2v) is 7.85. The Morgan fingerprint density at radius 1 is 0.870 bits per heavy atom. The zero-order valence-electron chi connectivity index (χ0n) is 14.4. The van der Waals surface area contributed by atoms with Gasteiger partial charge in [0, 0.05) is 11.3 Å². The molecule has 1 aliphatic carbocycles. The van der Waals surface area contributed by atoms with Crippen LogP contribution in [0.2, 0.25) is 0 Å².